The maximum atomic E-state index is 12.3. The van der Waals surface area contributed by atoms with E-state index in [2.05, 4.69) is 4.99 Å². The van der Waals surface area contributed by atoms with Crippen molar-refractivity contribution < 1.29 is 9.53 Å². The van der Waals surface area contributed by atoms with Crippen molar-refractivity contribution >= 4 is 23.4 Å². The molecule has 0 aliphatic carbocycles. The molecule has 0 atom stereocenters. The van der Waals surface area contributed by atoms with Crippen LogP contribution in [0.2, 0.25) is 5.02 Å². The number of carbonyl (C=O) groups excluding carboxylic acids is 1. The van der Waals surface area contributed by atoms with Crippen LogP contribution in [0.1, 0.15) is 17.3 Å². The molecule has 0 spiro atoms. The van der Waals surface area contributed by atoms with Crippen molar-refractivity contribution in [1.82, 2.24) is 4.90 Å². The van der Waals surface area contributed by atoms with Crippen molar-refractivity contribution in [3.63, 3.8) is 0 Å². The second-order valence-corrected chi connectivity index (χ2v) is 4.32. The van der Waals surface area contributed by atoms with Crippen LogP contribution in [0.5, 0.6) is 0 Å². The fourth-order valence-electron chi connectivity index (χ4n) is 1.82. The van der Waals surface area contributed by atoms with Crippen molar-refractivity contribution in [2.45, 2.75) is 6.92 Å². The van der Waals surface area contributed by atoms with Gasteiger partial charge in [0.1, 0.15) is 0 Å². The summed E-state index contributed by atoms with van der Waals surface area (Å²) < 4.78 is 5.35. The van der Waals surface area contributed by atoms with E-state index in [-0.39, 0.29) is 5.91 Å². The summed E-state index contributed by atoms with van der Waals surface area (Å²) in [6, 6.07) is 7.07. The first kappa shape index (κ1) is 12.9. The SMILES string of the molecule is CCOC1=NCCN(C(=O)c2ccccc2Cl)C1. The second-order valence-electron chi connectivity index (χ2n) is 3.92. The monoisotopic (exact) mass is 266 g/mol. The van der Waals surface area contributed by atoms with Gasteiger partial charge >= 0.3 is 0 Å². The van der Waals surface area contributed by atoms with Crippen LogP contribution in [0.4, 0.5) is 0 Å². The van der Waals surface area contributed by atoms with Gasteiger partial charge in [0.15, 0.2) is 0 Å². The van der Waals surface area contributed by atoms with Crippen molar-refractivity contribution in [2.75, 3.05) is 26.2 Å². The topological polar surface area (TPSA) is 41.9 Å². The van der Waals surface area contributed by atoms with Crippen LogP contribution in [0, 0.1) is 0 Å². The molecule has 5 heteroatoms. The van der Waals surface area contributed by atoms with E-state index in [0.717, 1.165) is 0 Å². The van der Waals surface area contributed by atoms with Crippen molar-refractivity contribution in [3.8, 4) is 0 Å². The molecule has 1 aliphatic heterocycles. The number of aliphatic imine (C=N–C) groups is 1. The van der Waals surface area contributed by atoms with Gasteiger partial charge in [-0.2, -0.15) is 0 Å². The van der Waals surface area contributed by atoms with Gasteiger partial charge < -0.3 is 9.64 Å². The second kappa shape index (κ2) is 5.87. The third kappa shape index (κ3) is 2.82. The summed E-state index contributed by atoms with van der Waals surface area (Å²) in [5.74, 6) is 0.539. The zero-order valence-corrected chi connectivity index (χ0v) is 11.0. The van der Waals surface area contributed by atoms with E-state index < -0.39 is 0 Å². The quantitative estimate of drug-likeness (QED) is 0.824. The third-order valence-corrected chi connectivity index (χ3v) is 3.02. The van der Waals surface area contributed by atoms with Gasteiger partial charge in [0.25, 0.3) is 5.91 Å². The van der Waals surface area contributed by atoms with E-state index >= 15 is 0 Å². The number of hydrogen-bond donors (Lipinski definition) is 0. The molecule has 1 amide bonds. The van der Waals surface area contributed by atoms with Gasteiger partial charge in [0.05, 0.1) is 30.3 Å². The van der Waals surface area contributed by atoms with E-state index in [9.17, 15) is 4.79 Å². The normalized spacial score (nSPS) is 15.2. The van der Waals surface area contributed by atoms with E-state index in [1.54, 1.807) is 23.1 Å². The molecule has 1 aliphatic rings. The highest BCUT2D eigenvalue weighted by Crippen LogP contribution is 2.17. The standard InChI is InChI=1S/C13H15ClN2O2/c1-2-18-12-9-16(8-7-15-12)13(17)10-5-3-4-6-11(10)14/h3-6H,2,7-9H2,1H3. The minimum absolute atomic E-state index is 0.0762. The molecule has 2 rings (SSSR count). The minimum atomic E-state index is -0.0762. The lowest BCUT2D eigenvalue weighted by molar-refractivity contribution is 0.0766. The molecule has 18 heavy (non-hydrogen) atoms. The maximum absolute atomic E-state index is 12.3. The van der Waals surface area contributed by atoms with Crippen LogP contribution in [-0.2, 0) is 4.74 Å². The molecule has 96 valence electrons. The Labute approximate surface area is 111 Å². The van der Waals surface area contributed by atoms with Crippen LogP contribution >= 0.6 is 11.6 Å². The molecular weight excluding hydrogens is 252 g/mol. The largest absolute Gasteiger partial charge is 0.480 e. The summed E-state index contributed by atoms with van der Waals surface area (Å²) in [5, 5.41) is 0.475. The minimum Gasteiger partial charge on any atom is -0.480 e. The number of hydrogen-bond acceptors (Lipinski definition) is 3. The Morgan fingerprint density at radius 2 is 2.28 bits per heavy atom. The Morgan fingerprint density at radius 3 is 3.00 bits per heavy atom. The summed E-state index contributed by atoms with van der Waals surface area (Å²) in [4.78, 5) is 18.2. The Hall–Kier alpha value is -1.55. The Morgan fingerprint density at radius 1 is 1.50 bits per heavy atom. The van der Waals surface area contributed by atoms with Gasteiger partial charge in [-0.1, -0.05) is 23.7 Å². The van der Waals surface area contributed by atoms with Crippen LogP contribution < -0.4 is 0 Å². The first-order chi connectivity index (χ1) is 8.72. The van der Waals surface area contributed by atoms with Gasteiger partial charge in [-0.05, 0) is 19.1 Å². The van der Waals surface area contributed by atoms with E-state index in [4.69, 9.17) is 16.3 Å². The number of ether oxygens (including phenoxy) is 1. The van der Waals surface area contributed by atoms with E-state index in [0.29, 0.717) is 42.7 Å². The first-order valence-electron chi connectivity index (χ1n) is 5.92. The number of benzene rings is 1. The lowest BCUT2D eigenvalue weighted by atomic mass is 10.2. The molecule has 0 N–H and O–H groups in total. The fourth-order valence-corrected chi connectivity index (χ4v) is 2.04. The van der Waals surface area contributed by atoms with Crippen molar-refractivity contribution in [1.29, 1.82) is 0 Å². The number of amides is 1. The number of rotatable bonds is 2. The Balaban J connectivity index is 2.11. The van der Waals surface area contributed by atoms with E-state index in [1.165, 1.54) is 0 Å². The highest BCUT2D eigenvalue weighted by Gasteiger charge is 2.22. The summed E-state index contributed by atoms with van der Waals surface area (Å²) in [5.41, 5.74) is 0.525. The number of halogens is 1. The molecule has 1 heterocycles. The van der Waals surface area contributed by atoms with Crippen LogP contribution in [0.3, 0.4) is 0 Å². The Kier molecular flexibility index (Phi) is 4.20. The molecule has 0 unspecified atom stereocenters. The van der Waals surface area contributed by atoms with Crippen LogP contribution in [0.25, 0.3) is 0 Å². The molecular formula is C13H15ClN2O2. The van der Waals surface area contributed by atoms with Gasteiger partial charge in [0, 0.05) is 6.54 Å². The lowest BCUT2D eigenvalue weighted by Crippen LogP contribution is -2.41. The van der Waals surface area contributed by atoms with Gasteiger partial charge in [0.2, 0.25) is 5.90 Å². The van der Waals surface area contributed by atoms with Crippen LogP contribution in [0.15, 0.2) is 29.3 Å². The Bertz CT molecular complexity index is 474. The molecule has 0 saturated heterocycles. The molecule has 0 fully saturated rings. The van der Waals surface area contributed by atoms with Crippen molar-refractivity contribution in [3.05, 3.63) is 34.9 Å². The summed E-state index contributed by atoms with van der Waals surface area (Å²) in [6.45, 7) is 4.05. The van der Waals surface area contributed by atoms with Crippen molar-refractivity contribution in [2.24, 2.45) is 4.99 Å². The molecule has 1 aromatic rings. The first-order valence-corrected chi connectivity index (χ1v) is 6.30. The summed E-state index contributed by atoms with van der Waals surface area (Å²) in [6.07, 6.45) is 0. The molecule has 4 nitrogen and oxygen atoms in total. The highest BCUT2D eigenvalue weighted by molar-refractivity contribution is 6.33. The molecule has 0 radical (unpaired) electrons. The number of nitrogens with zero attached hydrogens (tertiary/aromatic N) is 2. The lowest BCUT2D eigenvalue weighted by Gasteiger charge is -2.26. The van der Waals surface area contributed by atoms with Gasteiger partial charge in [-0.15, -0.1) is 0 Å². The maximum Gasteiger partial charge on any atom is 0.255 e. The average Bonchev–Trinajstić information content (AvgIpc) is 2.39. The third-order valence-electron chi connectivity index (χ3n) is 2.69. The molecule has 0 bridgehead atoms. The summed E-state index contributed by atoms with van der Waals surface area (Å²) >= 11 is 6.03. The zero-order chi connectivity index (χ0) is 13.0. The molecule has 0 aromatic heterocycles. The van der Waals surface area contributed by atoms with E-state index in [1.807, 2.05) is 13.0 Å². The predicted molar refractivity (Wildman–Crippen MR) is 71.3 cm³/mol. The fraction of sp³-hybridized carbons (Fsp3) is 0.385. The summed E-state index contributed by atoms with van der Waals surface area (Å²) in [7, 11) is 0. The molecule has 0 saturated carbocycles. The molecule has 1 aromatic carbocycles. The number of carbonyl (C=O) groups is 1. The highest BCUT2D eigenvalue weighted by atomic mass is 35.5. The predicted octanol–water partition coefficient (Wildman–Crippen LogP) is 2.23. The average molecular weight is 267 g/mol. The smallest absolute Gasteiger partial charge is 0.255 e. The van der Waals surface area contributed by atoms with Gasteiger partial charge in [-0.3, -0.25) is 9.79 Å². The zero-order valence-electron chi connectivity index (χ0n) is 10.2. The van der Waals surface area contributed by atoms with Gasteiger partial charge in [-0.25, -0.2) is 0 Å². The van der Waals surface area contributed by atoms with Crippen LogP contribution in [-0.4, -0.2) is 42.9 Å².